The molecule has 2 heterocycles. The monoisotopic (exact) mass is 479 g/mol. The van der Waals surface area contributed by atoms with E-state index in [-0.39, 0.29) is 23.0 Å². The van der Waals surface area contributed by atoms with Crippen LogP contribution in [0.5, 0.6) is 11.6 Å². The number of amides is 1. The minimum atomic E-state index is -3.25. The summed E-state index contributed by atoms with van der Waals surface area (Å²) in [4.78, 5) is 19.5. The van der Waals surface area contributed by atoms with E-state index in [9.17, 15) is 13.2 Å². The normalized spacial score (nSPS) is 15.3. The van der Waals surface area contributed by atoms with E-state index in [2.05, 4.69) is 15.2 Å². The molecule has 1 aliphatic heterocycles. The van der Waals surface area contributed by atoms with Crippen molar-refractivity contribution < 1.29 is 22.7 Å². The van der Waals surface area contributed by atoms with Gasteiger partial charge in [-0.1, -0.05) is 18.2 Å². The van der Waals surface area contributed by atoms with Gasteiger partial charge in [0.1, 0.15) is 23.7 Å². The largest absolute Gasteiger partial charge is 0.490 e. The molecule has 8 nitrogen and oxygen atoms in total. The Bertz CT molecular complexity index is 1320. The molecule has 1 N–H and O–H groups in total. The first-order valence-electron chi connectivity index (χ1n) is 11.1. The maximum absolute atomic E-state index is 12.7. The molecular weight excluding hydrogens is 454 g/mol. The van der Waals surface area contributed by atoms with Crippen LogP contribution >= 0.6 is 0 Å². The number of ether oxygens (including phenoxy) is 2. The van der Waals surface area contributed by atoms with Crippen LogP contribution in [0.4, 0.5) is 11.4 Å². The quantitative estimate of drug-likeness (QED) is 0.554. The molecule has 0 radical (unpaired) electrons. The van der Waals surface area contributed by atoms with Crippen LogP contribution in [0, 0.1) is 0 Å². The topological polar surface area (TPSA) is 97.8 Å². The lowest BCUT2D eigenvalue weighted by atomic mass is 10.2. The Balaban J connectivity index is 1.28. The molecule has 1 saturated carbocycles. The van der Waals surface area contributed by atoms with Crippen LogP contribution in [0.25, 0.3) is 0 Å². The van der Waals surface area contributed by atoms with Crippen molar-refractivity contribution in [2.45, 2.75) is 30.4 Å². The Morgan fingerprint density at radius 2 is 1.94 bits per heavy atom. The highest BCUT2D eigenvalue weighted by molar-refractivity contribution is 7.90. The fourth-order valence-electron chi connectivity index (χ4n) is 3.72. The molecule has 0 unspecified atom stereocenters. The predicted molar refractivity (Wildman–Crippen MR) is 128 cm³/mol. The maximum Gasteiger partial charge on any atom is 0.270 e. The molecule has 1 fully saturated rings. The number of fused-ring (bicyclic) bond motifs is 1. The lowest BCUT2D eigenvalue weighted by molar-refractivity contribution is 0.0944. The van der Waals surface area contributed by atoms with Crippen molar-refractivity contribution in [1.82, 2.24) is 10.3 Å². The minimum absolute atomic E-state index is 0.241. The van der Waals surface area contributed by atoms with Crippen LogP contribution < -0.4 is 19.7 Å². The average molecular weight is 480 g/mol. The van der Waals surface area contributed by atoms with Crippen molar-refractivity contribution in [2.24, 2.45) is 0 Å². The van der Waals surface area contributed by atoms with Crippen molar-refractivity contribution >= 4 is 27.1 Å². The highest BCUT2D eigenvalue weighted by Gasteiger charge is 2.25. The first kappa shape index (κ1) is 22.2. The molecule has 0 atom stereocenters. The van der Waals surface area contributed by atoms with E-state index >= 15 is 0 Å². The lowest BCUT2D eigenvalue weighted by Crippen LogP contribution is -2.30. The zero-order valence-corrected chi connectivity index (χ0v) is 19.5. The Labute approximate surface area is 198 Å². The molecule has 9 heteroatoms. The van der Waals surface area contributed by atoms with Crippen LogP contribution in [-0.4, -0.2) is 44.8 Å². The molecule has 2 aromatic carbocycles. The van der Waals surface area contributed by atoms with Gasteiger partial charge < -0.3 is 19.7 Å². The van der Waals surface area contributed by atoms with Crippen molar-refractivity contribution in [3.63, 3.8) is 0 Å². The zero-order valence-electron chi connectivity index (χ0n) is 18.7. The standard InChI is InChI=1S/C25H25N3O5S/c1-34(30,31)21-9-5-17(6-10-21)16-26-24(29)22-11-12-23-25(27-22)32-14-13-28(23)18-3-2-4-20(15-18)33-19-7-8-19/h2-6,9-12,15,19H,7-8,13-14,16H2,1H3,(H,26,29). The van der Waals surface area contributed by atoms with Gasteiger partial charge in [0, 0.05) is 24.6 Å². The third-order valence-electron chi connectivity index (χ3n) is 5.68. The number of carbonyl (C=O) groups excluding carboxylic acids is 1. The summed E-state index contributed by atoms with van der Waals surface area (Å²) in [7, 11) is -3.25. The first-order valence-corrected chi connectivity index (χ1v) is 13.0. The second-order valence-electron chi connectivity index (χ2n) is 8.43. The van der Waals surface area contributed by atoms with Crippen molar-refractivity contribution in [1.29, 1.82) is 0 Å². The summed E-state index contributed by atoms with van der Waals surface area (Å²) >= 11 is 0. The molecule has 2 aliphatic rings. The third-order valence-corrected chi connectivity index (χ3v) is 6.81. The maximum atomic E-state index is 12.7. The van der Waals surface area contributed by atoms with Crippen molar-refractivity contribution in [3.05, 3.63) is 71.9 Å². The molecule has 5 rings (SSSR count). The summed E-state index contributed by atoms with van der Waals surface area (Å²) in [5.74, 6) is 0.919. The molecule has 1 aromatic heterocycles. The van der Waals surface area contributed by atoms with E-state index in [1.165, 1.54) is 12.1 Å². The van der Waals surface area contributed by atoms with E-state index in [0.29, 0.717) is 25.1 Å². The van der Waals surface area contributed by atoms with E-state index in [1.54, 1.807) is 18.2 Å². The van der Waals surface area contributed by atoms with Gasteiger partial charge in [-0.15, -0.1) is 0 Å². The Kier molecular flexibility index (Phi) is 5.87. The number of benzene rings is 2. The summed E-state index contributed by atoms with van der Waals surface area (Å²) in [5, 5.41) is 2.82. The van der Waals surface area contributed by atoms with E-state index in [4.69, 9.17) is 9.47 Å². The Morgan fingerprint density at radius 3 is 2.68 bits per heavy atom. The summed E-state index contributed by atoms with van der Waals surface area (Å²) in [5.41, 5.74) is 2.82. The zero-order chi connectivity index (χ0) is 23.7. The highest BCUT2D eigenvalue weighted by Crippen LogP contribution is 2.37. The smallest absolute Gasteiger partial charge is 0.270 e. The van der Waals surface area contributed by atoms with Gasteiger partial charge in [-0.3, -0.25) is 4.79 Å². The Hall–Kier alpha value is -3.59. The fourth-order valence-corrected chi connectivity index (χ4v) is 4.35. The summed E-state index contributed by atoms with van der Waals surface area (Å²) in [6.07, 6.45) is 3.69. The van der Waals surface area contributed by atoms with E-state index in [1.807, 2.05) is 30.3 Å². The molecule has 0 bridgehead atoms. The van der Waals surface area contributed by atoms with Gasteiger partial charge in [0.2, 0.25) is 5.88 Å². The number of rotatable bonds is 7. The minimum Gasteiger partial charge on any atom is -0.490 e. The number of anilines is 2. The van der Waals surface area contributed by atoms with Crippen molar-refractivity contribution in [2.75, 3.05) is 24.3 Å². The molecule has 1 aliphatic carbocycles. The molecule has 0 spiro atoms. The third kappa shape index (κ3) is 4.99. The molecule has 176 valence electrons. The van der Waals surface area contributed by atoms with Crippen LogP contribution in [0.1, 0.15) is 28.9 Å². The molecule has 34 heavy (non-hydrogen) atoms. The lowest BCUT2D eigenvalue weighted by Gasteiger charge is -2.30. The second-order valence-corrected chi connectivity index (χ2v) is 10.4. The molecular formula is C25H25N3O5S. The highest BCUT2D eigenvalue weighted by atomic mass is 32.2. The number of hydrogen-bond acceptors (Lipinski definition) is 7. The number of carbonyl (C=O) groups is 1. The van der Waals surface area contributed by atoms with Crippen molar-refractivity contribution in [3.8, 4) is 11.6 Å². The van der Waals surface area contributed by atoms with Gasteiger partial charge in [0.25, 0.3) is 5.91 Å². The van der Waals surface area contributed by atoms with E-state index < -0.39 is 9.84 Å². The van der Waals surface area contributed by atoms with Gasteiger partial charge in [0.05, 0.1) is 17.5 Å². The van der Waals surface area contributed by atoms with Gasteiger partial charge in [-0.2, -0.15) is 0 Å². The average Bonchev–Trinajstić information content (AvgIpc) is 3.65. The number of aromatic nitrogens is 1. The summed E-state index contributed by atoms with van der Waals surface area (Å²) < 4.78 is 34.9. The van der Waals surface area contributed by atoms with Gasteiger partial charge in [-0.05, 0) is 54.8 Å². The number of sulfone groups is 1. The van der Waals surface area contributed by atoms with Gasteiger partial charge >= 0.3 is 0 Å². The number of nitrogens with one attached hydrogen (secondary N) is 1. The number of nitrogens with zero attached hydrogens (tertiary/aromatic N) is 2. The van der Waals surface area contributed by atoms with Crippen LogP contribution in [0.3, 0.4) is 0 Å². The first-order chi connectivity index (χ1) is 16.4. The molecule has 3 aromatic rings. The Morgan fingerprint density at radius 1 is 1.15 bits per heavy atom. The fraction of sp³-hybridized carbons (Fsp3) is 0.280. The van der Waals surface area contributed by atoms with Crippen LogP contribution in [0.2, 0.25) is 0 Å². The summed E-state index contributed by atoms with van der Waals surface area (Å²) in [6.45, 7) is 1.37. The molecule has 0 saturated heterocycles. The number of pyridine rings is 1. The van der Waals surface area contributed by atoms with Crippen LogP contribution in [0.15, 0.2) is 65.6 Å². The predicted octanol–water partition coefficient (Wildman–Crippen LogP) is 3.49. The van der Waals surface area contributed by atoms with Crippen LogP contribution in [-0.2, 0) is 16.4 Å². The van der Waals surface area contributed by atoms with Gasteiger partial charge in [0.15, 0.2) is 9.84 Å². The SMILES string of the molecule is CS(=O)(=O)c1ccc(CNC(=O)c2ccc3c(n2)OCCN3c2cccc(OC3CC3)c2)cc1. The van der Waals surface area contributed by atoms with Gasteiger partial charge in [-0.25, -0.2) is 13.4 Å². The number of hydrogen-bond donors (Lipinski definition) is 1. The second kappa shape index (κ2) is 8.98. The summed E-state index contributed by atoms with van der Waals surface area (Å²) in [6, 6.07) is 17.9. The molecule has 1 amide bonds. The van der Waals surface area contributed by atoms with E-state index in [0.717, 1.165) is 41.8 Å².